The Morgan fingerprint density at radius 1 is 1.02 bits per heavy atom. The number of hydrogen-bond acceptors (Lipinski definition) is 10. The van der Waals surface area contributed by atoms with E-state index in [9.17, 15) is 22.8 Å². The van der Waals surface area contributed by atoms with Crippen molar-refractivity contribution in [1.29, 1.82) is 0 Å². The Kier molecular flexibility index (Phi) is 11.6. The predicted octanol–water partition coefficient (Wildman–Crippen LogP) is 6.96. The van der Waals surface area contributed by atoms with Crippen molar-refractivity contribution in [3.63, 3.8) is 0 Å². The molecule has 5 fully saturated rings. The number of rotatable bonds is 11. The van der Waals surface area contributed by atoms with Gasteiger partial charge in [0.15, 0.2) is 5.78 Å². The molecule has 0 bridgehead atoms. The van der Waals surface area contributed by atoms with Gasteiger partial charge in [0.1, 0.15) is 12.2 Å². The molecule has 1 aromatic heterocycles. The standard InChI is InChI=1S/C44H56ClN3O9S/c1-4-14-55-39-20-35-33(10-7-11-36(35)45)41(46-39)57-31-19-37-38(49)23-44(43(52)47-58(53,54)32-12-13-32)22-29(44)9-6-5-8-25(2)15-26(3)34(42(51)48(37)24-31)21-40(50)56-30-17-27-16-28(27)18-30/h6-7,9-11,20,25-32,34,37H,4-5,8,12-19,21-24H2,1-3H3,(H,47,52)/b9-6-/t25-,26-,27-,28+,29-,30?,31-,34+,37+,44-/m1/s1. The van der Waals surface area contributed by atoms with Crippen LogP contribution in [-0.2, 0) is 33.9 Å². The van der Waals surface area contributed by atoms with Crippen LogP contribution in [0, 0.1) is 40.9 Å². The maximum Gasteiger partial charge on any atom is 0.306 e. The first kappa shape index (κ1) is 41.0. The number of ketones is 1. The number of Topliss-reactive ketones (excluding diaryl/α,β-unsaturated/α-hetero) is 1. The van der Waals surface area contributed by atoms with Crippen molar-refractivity contribution >= 4 is 56.0 Å². The number of ether oxygens (including phenoxy) is 3. The highest BCUT2D eigenvalue weighted by Crippen LogP contribution is 2.57. The van der Waals surface area contributed by atoms with Gasteiger partial charge in [-0.3, -0.25) is 23.9 Å². The van der Waals surface area contributed by atoms with Gasteiger partial charge in [-0.1, -0.05) is 50.6 Å². The molecule has 14 heteroatoms. The lowest BCUT2D eigenvalue weighted by Crippen LogP contribution is -2.47. The number of pyridine rings is 1. The molecule has 10 atom stereocenters. The molecule has 2 aromatic rings. The molecular formula is C44H56ClN3O9S. The van der Waals surface area contributed by atoms with Gasteiger partial charge in [-0.05, 0) is 106 Å². The van der Waals surface area contributed by atoms with Crippen LogP contribution in [-0.4, -0.2) is 78.5 Å². The van der Waals surface area contributed by atoms with Crippen molar-refractivity contribution in [1.82, 2.24) is 14.6 Å². The lowest BCUT2D eigenvalue weighted by Gasteiger charge is -2.32. The Bertz CT molecular complexity index is 2080. The number of allylic oxidation sites excluding steroid dienone is 2. The van der Waals surface area contributed by atoms with E-state index >= 15 is 4.79 Å². The van der Waals surface area contributed by atoms with E-state index in [-0.39, 0.29) is 67.2 Å². The maximum absolute atomic E-state index is 15.0. The van der Waals surface area contributed by atoms with Gasteiger partial charge in [-0.25, -0.2) is 8.42 Å². The third-order valence-electron chi connectivity index (χ3n) is 13.5. The van der Waals surface area contributed by atoms with Gasteiger partial charge < -0.3 is 19.1 Å². The third kappa shape index (κ3) is 8.76. The van der Waals surface area contributed by atoms with Gasteiger partial charge in [-0.15, -0.1) is 0 Å². The van der Waals surface area contributed by atoms with Crippen LogP contribution in [0.1, 0.15) is 104 Å². The van der Waals surface area contributed by atoms with Crippen molar-refractivity contribution in [2.24, 2.45) is 40.9 Å². The van der Waals surface area contributed by atoms with Crippen LogP contribution in [0.25, 0.3) is 10.8 Å². The molecule has 12 nitrogen and oxygen atoms in total. The zero-order chi connectivity index (χ0) is 40.9. The molecule has 1 saturated heterocycles. The summed E-state index contributed by atoms with van der Waals surface area (Å²) in [5.41, 5.74) is -1.26. The lowest BCUT2D eigenvalue weighted by atomic mass is 9.82. The highest BCUT2D eigenvalue weighted by atomic mass is 35.5. The molecule has 3 heterocycles. The smallest absolute Gasteiger partial charge is 0.306 e. The molecule has 4 saturated carbocycles. The van der Waals surface area contributed by atoms with E-state index in [2.05, 4.69) is 16.6 Å². The molecule has 8 rings (SSSR count). The summed E-state index contributed by atoms with van der Waals surface area (Å²) in [7, 11) is -3.86. The van der Waals surface area contributed by atoms with Crippen LogP contribution >= 0.6 is 11.6 Å². The SMILES string of the molecule is CCCOc1cc2c(Cl)cccc2c(O[C@@H]2C[C@H]3C(=O)C[C@]4(C(=O)NS(=O)(=O)C5CC5)C[C@H]4/C=C\CC[C@@H](C)C[C@@H](C)[C@H](CC(=O)OC4C[C@@H]5C[C@@H]5C4)C(=O)N3C2)n1. The fraction of sp³-hybridized carbons (Fsp3) is 0.659. The number of benzene rings is 1. The summed E-state index contributed by atoms with van der Waals surface area (Å²) >= 11 is 6.63. The molecular weight excluding hydrogens is 782 g/mol. The summed E-state index contributed by atoms with van der Waals surface area (Å²) in [6, 6.07) is 6.19. The Balaban J connectivity index is 1.11. The molecule has 314 valence electrons. The zero-order valence-corrected chi connectivity index (χ0v) is 35.3. The predicted molar refractivity (Wildman–Crippen MR) is 217 cm³/mol. The summed E-state index contributed by atoms with van der Waals surface area (Å²) < 4.78 is 46.8. The zero-order valence-electron chi connectivity index (χ0n) is 33.7. The first-order chi connectivity index (χ1) is 27.7. The Hall–Kier alpha value is -3.71. The lowest BCUT2D eigenvalue weighted by molar-refractivity contribution is -0.155. The van der Waals surface area contributed by atoms with E-state index in [4.69, 9.17) is 25.8 Å². The number of fused-ring (bicyclic) bond motifs is 4. The third-order valence-corrected chi connectivity index (χ3v) is 15.7. The summed E-state index contributed by atoms with van der Waals surface area (Å²) in [5, 5.41) is 1.22. The van der Waals surface area contributed by atoms with Crippen LogP contribution in [0.15, 0.2) is 36.4 Å². The Morgan fingerprint density at radius 2 is 1.79 bits per heavy atom. The van der Waals surface area contributed by atoms with Gasteiger partial charge >= 0.3 is 5.97 Å². The monoisotopic (exact) mass is 837 g/mol. The number of aromatic nitrogens is 1. The molecule has 1 unspecified atom stereocenters. The fourth-order valence-corrected chi connectivity index (χ4v) is 11.5. The molecule has 1 aromatic carbocycles. The Labute approximate surface area is 346 Å². The largest absolute Gasteiger partial charge is 0.478 e. The summed E-state index contributed by atoms with van der Waals surface area (Å²) in [5.74, 6) is -0.947. The average Bonchev–Trinajstić information content (AvgIpc) is 4.14. The summed E-state index contributed by atoms with van der Waals surface area (Å²) in [6.07, 6.45) is 10.2. The van der Waals surface area contributed by atoms with Gasteiger partial charge in [0.05, 0.1) is 42.2 Å². The van der Waals surface area contributed by atoms with Crippen molar-refractivity contribution in [3.05, 3.63) is 41.4 Å². The van der Waals surface area contributed by atoms with E-state index in [1.807, 2.05) is 32.1 Å². The topological polar surface area (TPSA) is 158 Å². The molecule has 2 aliphatic heterocycles. The first-order valence-corrected chi connectivity index (χ1v) is 23.3. The van der Waals surface area contributed by atoms with E-state index < -0.39 is 50.6 Å². The minimum Gasteiger partial charge on any atom is -0.478 e. The highest BCUT2D eigenvalue weighted by Gasteiger charge is 2.62. The number of sulfonamides is 1. The molecule has 1 N–H and O–H groups in total. The molecule has 0 radical (unpaired) electrons. The highest BCUT2D eigenvalue weighted by molar-refractivity contribution is 7.90. The van der Waals surface area contributed by atoms with Crippen LogP contribution in [0.5, 0.6) is 11.8 Å². The number of nitrogens with one attached hydrogen (secondary N) is 1. The number of halogens is 1. The number of carbonyl (C=O) groups excluding carboxylic acids is 4. The number of amides is 2. The van der Waals surface area contributed by atoms with E-state index in [0.717, 1.165) is 32.1 Å². The second kappa shape index (κ2) is 16.4. The number of hydrogen-bond donors (Lipinski definition) is 1. The molecule has 6 aliphatic rings. The van der Waals surface area contributed by atoms with Crippen LogP contribution in [0.3, 0.4) is 0 Å². The molecule has 58 heavy (non-hydrogen) atoms. The Morgan fingerprint density at radius 3 is 2.53 bits per heavy atom. The number of esters is 1. The van der Waals surface area contributed by atoms with Gasteiger partial charge in [0.25, 0.3) is 0 Å². The van der Waals surface area contributed by atoms with Crippen molar-refractivity contribution < 1.29 is 41.8 Å². The number of carbonyl (C=O) groups is 4. The van der Waals surface area contributed by atoms with Crippen LogP contribution in [0.4, 0.5) is 0 Å². The minimum absolute atomic E-state index is 0.0391. The maximum atomic E-state index is 15.0. The molecule has 4 aliphatic carbocycles. The van der Waals surface area contributed by atoms with Gasteiger partial charge in [0.2, 0.25) is 33.6 Å². The van der Waals surface area contributed by atoms with E-state index in [1.165, 1.54) is 6.42 Å². The number of nitrogens with zero attached hydrogens (tertiary/aromatic N) is 2. The second-order valence-corrected chi connectivity index (χ2v) is 20.6. The minimum atomic E-state index is -3.86. The summed E-state index contributed by atoms with van der Waals surface area (Å²) in [4.78, 5) is 63.6. The molecule has 0 spiro atoms. The van der Waals surface area contributed by atoms with Gasteiger partial charge in [-0.2, -0.15) is 4.98 Å². The van der Waals surface area contributed by atoms with Crippen LogP contribution < -0.4 is 14.2 Å². The molecule has 2 amide bonds. The summed E-state index contributed by atoms with van der Waals surface area (Å²) in [6.45, 7) is 6.60. The van der Waals surface area contributed by atoms with Crippen molar-refractivity contribution in [2.45, 2.75) is 128 Å². The van der Waals surface area contributed by atoms with E-state index in [0.29, 0.717) is 65.8 Å². The van der Waals surface area contributed by atoms with Crippen LogP contribution in [0.2, 0.25) is 5.02 Å². The van der Waals surface area contributed by atoms with Gasteiger partial charge in [0, 0.05) is 34.7 Å². The average molecular weight is 838 g/mol. The quantitative estimate of drug-likeness (QED) is 0.185. The van der Waals surface area contributed by atoms with E-state index in [1.54, 1.807) is 23.1 Å². The first-order valence-electron chi connectivity index (χ1n) is 21.4. The van der Waals surface area contributed by atoms with Crippen molar-refractivity contribution in [2.75, 3.05) is 13.2 Å². The van der Waals surface area contributed by atoms with Crippen molar-refractivity contribution in [3.8, 4) is 11.8 Å². The second-order valence-electron chi connectivity index (χ2n) is 18.2. The fourth-order valence-electron chi connectivity index (χ4n) is 9.87. The normalized spacial score (nSPS) is 34.2.